The van der Waals surface area contributed by atoms with Crippen LogP contribution >= 0.6 is 0 Å². The van der Waals surface area contributed by atoms with Gasteiger partial charge in [0, 0.05) is 11.7 Å². The normalized spacial score (nSPS) is 16.9. The van der Waals surface area contributed by atoms with Crippen molar-refractivity contribution in [2.24, 2.45) is 0 Å². The van der Waals surface area contributed by atoms with Crippen molar-refractivity contribution in [1.29, 1.82) is 0 Å². The van der Waals surface area contributed by atoms with E-state index >= 15 is 0 Å². The van der Waals surface area contributed by atoms with Gasteiger partial charge >= 0.3 is 5.97 Å². The molecule has 1 aliphatic rings. The first-order valence-corrected chi connectivity index (χ1v) is 8.27. The topological polar surface area (TPSA) is 55.8 Å². The second kappa shape index (κ2) is 6.97. The van der Waals surface area contributed by atoms with E-state index in [0.717, 1.165) is 12.1 Å². The number of fused-ring (bicyclic) bond motifs is 1. The average Bonchev–Trinajstić information content (AvgIpc) is 2.96. The number of para-hydroxylation sites is 1. The molecule has 5 nitrogen and oxygen atoms in total. The molecule has 5 heteroatoms. The number of benzene rings is 2. The second-order valence-corrected chi connectivity index (χ2v) is 6.17. The van der Waals surface area contributed by atoms with Crippen LogP contribution in [0.3, 0.4) is 0 Å². The number of rotatable bonds is 4. The van der Waals surface area contributed by atoms with Crippen molar-refractivity contribution in [3.8, 4) is 5.75 Å². The first kappa shape index (κ1) is 17.0. The van der Waals surface area contributed by atoms with Gasteiger partial charge < -0.3 is 14.4 Å². The Hall–Kier alpha value is -2.82. The van der Waals surface area contributed by atoms with Gasteiger partial charge in [0.2, 0.25) is 0 Å². The number of nitrogens with zero attached hydrogens (tertiary/aromatic N) is 1. The monoisotopic (exact) mass is 339 g/mol. The van der Waals surface area contributed by atoms with E-state index in [0.29, 0.717) is 11.3 Å². The summed E-state index contributed by atoms with van der Waals surface area (Å²) in [6, 6.07) is 14.7. The molecule has 25 heavy (non-hydrogen) atoms. The van der Waals surface area contributed by atoms with E-state index < -0.39 is 12.1 Å². The first-order valence-electron chi connectivity index (χ1n) is 8.27. The Kier molecular flexibility index (Phi) is 4.74. The standard InChI is InChI=1S/C20H21NO4/c1-13-11-15-7-4-5-10-18(15)21(13)19(22)14(2)25-17-9-6-8-16(12-17)20(23)24-3/h4-10,12-14H,11H2,1-3H3/t13-,14+/m1/s1. The van der Waals surface area contributed by atoms with Crippen LogP contribution in [0, 0.1) is 0 Å². The SMILES string of the molecule is COC(=O)c1cccc(O[C@@H](C)C(=O)N2c3ccccc3C[C@H]2C)c1. The van der Waals surface area contributed by atoms with E-state index in [1.807, 2.05) is 31.2 Å². The molecule has 0 unspecified atom stereocenters. The zero-order chi connectivity index (χ0) is 18.0. The van der Waals surface area contributed by atoms with Crippen LogP contribution in [0.2, 0.25) is 0 Å². The Balaban J connectivity index is 1.77. The van der Waals surface area contributed by atoms with Gasteiger partial charge in [-0.1, -0.05) is 24.3 Å². The van der Waals surface area contributed by atoms with Gasteiger partial charge in [-0.2, -0.15) is 0 Å². The van der Waals surface area contributed by atoms with Crippen molar-refractivity contribution in [2.75, 3.05) is 12.0 Å². The highest BCUT2D eigenvalue weighted by molar-refractivity contribution is 5.99. The summed E-state index contributed by atoms with van der Waals surface area (Å²) in [4.78, 5) is 26.3. The Morgan fingerprint density at radius 2 is 1.92 bits per heavy atom. The summed E-state index contributed by atoms with van der Waals surface area (Å²) in [6.07, 6.45) is 0.174. The number of esters is 1. The molecule has 0 saturated heterocycles. The molecule has 2 aromatic rings. The molecule has 2 aromatic carbocycles. The minimum absolute atomic E-state index is 0.0948. The lowest BCUT2D eigenvalue weighted by Gasteiger charge is -2.26. The van der Waals surface area contributed by atoms with Crippen LogP contribution in [0.4, 0.5) is 5.69 Å². The second-order valence-electron chi connectivity index (χ2n) is 6.17. The molecule has 2 atom stereocenters. The quantitative estimate of drug-likeness (QED) is 0.803. The number of hydrogen-bond acceptors (Lipinski definition) is 4. The zero-order valence-electron chi connectivity index (χ0n) is 14.6. The molecule has 0 aliphatic carbocycles. The molecule has 1 amide bonds. The van der Waals surface area contributed by atoms with Gasteiger partial charge in [-0.25, -0.2) is 4.79 Å². The molecule has 0 saturated carbocycles. The highest BCUT2D eigenvalue weighted by atomic mass is 16.5. The van der Waals surface area contributed by atoms with Crippen molar-refractivity contribution in [3.05, 3.63) is 59.7 Å². The van der Waals surface area contributed by atoms with Gasteiger partial charge in [0.1, 0.15) is 5.75 Å². The van der Waals surface area contributed by atoms with Crippen LogP contribution in [0.15, 0.2) is 48.5 Å². The lowest BCUT2D eigenvalue weighted by molar-refractivity contribution is -0.124. The van der Waals surface area contributed by atoms with Crippen LogP contribution in [-0.2, 0) is 16.0 Å². The third-order valence-electron chi connectivity index (χ3n) is 4.36. The summed E-state index contributed by atoms with van der Waals surface area (Å²) < 4.78 is 10.5. The van der Waals surface area contributed by atoms with E-state index in [1.165, 1.54) is 12.7 Å². The minimum atomic E-state index is -0.665. The van der Waals surface area contributed by atoms with Crippen molar-refractivity contribution in [2.45, 2.75) is 32.4 Å². The summed E-state index contributed by atoms with van der Waals surface area (Å²) in [7, 11) is 1.33. The number of amides is 1. The predicted molar refractivity (Wildman–Crippen MR) is 95.0 cm³/mol. The van der Waals surface area contributed by atoms with Gasteiger partial charge in [-0.05, 0) is 50.1 Å². The van der Waals surface area contributed by atoms with E-state index in [-0.39, 0.29) is 11.9 Å². The van der Waals surface area contributed by atoms with Crippen LogP contribution < -0.4 is 9.64 Å². The van der Waals surface area contributed by atoms with Gasteiger partial charge in [-0.15, -0.1) is 0 Å². The fourth-order valence-corrected chi connectivity index (χ4v) is 3.17. The third-order valence-corrected chi connectivity index (χ3v) is 4.36. The van der Waals surface area contributed by atoms with Gasteiger partial charge in [0.25, 0.3) is 5.91 Å². The highest BCUT2D eigenvalue weighted by Gasteiger charge is 2.33. The average molecular weight is 339 g/mol. The Morgan fingerprint density at radius 1 is 1.16 bits per heavy atom. The van der Waals surface area contributed by atoms with E-state index in [1.54, 1.807) is 36.1 Å². The molecule has 0 spiro atoms. The zero-order valence-corrected chi connectivity index (χ0v) is 14.6. The molecule has 1 heterocycles. The number of hydrogen-bond donors (Lipinski definition) is 0. The highest BCUT2D eigenvalue weighted by Crippen LogP contribution is 2.32. The Morgan fingerprint density at radius 3 is 2.68 bits per heavy atom. The van der Waals surface area contributed by atoms with Gasteiger partial charge in [0.15, 0.2) is 6.10 Å². The number of anilines is 1. The van der Waals surface area contributed by atoms with Gasteiger partial charge in [0.05, 0.1) is 12.7 Å². The molecular formula is C20H21NO4. The first-order chi connectivity index (χ1) is 12.0. The van der Waals surface area contributed by atoms with Crippen LogP contribution in [0.1, 0.15) is 29.8 Å². The maximum absolute atomic E-state index is 12.9. The third kappa shape index (κ3) is 3.36. The lowest BCUT2D eigenvalue weighted by atomic mass is 10.1. The molecule has 130 valence electrons. The smallest absolute Gasteiger partial charge is 0.337 e. The number of methoxy groups -OCH3 is 1. The fraction of sp³-hybridized carbons (Fsp3) is 0.300. The fourth-order valence-electron chi connectivity index (χ4n) is 3.17. The number of ether oxygens (including phenoxy) is 2. The number of carbonyl (C=O) groups is 2. The maximum atomic E-state index is 12.9. The predicted octanol–water partition coefficient (Wildman–Crippen LogP) is 3.22. The van der Waals surface area contributed by atoms with E-state index in [4.69, 9.17) is 9.47 Å². The van der Waals surface area contributed by atoms with E-state index in [9.17, 15) is 9.59 Å². The van der Waals surface area contributed by atoms with Crippen molar-refractivity contribution in [3.63, 3.8) is 0 Å². The molecule has 0 radical (unpaired) electrons. The molecule has 0 bridgehead atoms. The molecule has 1 aliphatic heterocycles. The largest absolute Gasteiger partial charge is 0.481 e. The van der Waals surface area contributed by atoms with Crippen LogP contribution in [-0.4, -0.2) is 31.1 Å². The van der Waals surface area contributed by atoms with Gasteiger partial charge in [-0.3, -0.25) is 4.79 Å². The van der Waals surface area contributed by atoms with Crippen molar-refractivity contribution >= 4 is 17.6 Å². The summed E-state index contributed by atoms with van der Waals surface area (Å²) in [6.45, 7) is 3.75. The van der Waals surface area contributed by atoms with Crippen molar-refractivity contribution < 1.29 is 19.1 Å². The Labute approximate surface area is 147 Å². The molecular weight excluding hydrogens is 318 g/mol. The Bertz CT molecular complexity index is 802. The summed E-state index contributed by atoms with van der Waals surface area (Å²) in [5.41, 5.74) is 2.50. The number of carbonyl (C=O) groups excluding carboxylic acids is 2. The summed E-state index contributed by atoms with van der Waals surface area (Å²) >= 11 is 0. The minimum Gasteiger partial charge on any atom is -0.481 e. The molecule has 0 aromatic heterocycles. The van der Waals surface area contributed by atoms with Crippen LogP contribution in [0.5, 0.6) is 5.75 Å². The molecule has 0 N–H and O–H groups in total. The summed E-state index contributed by atoms with van der Waals surface area (Å²) in [5.74, 6) is -0.0728. The lowest BCUT2D eigenvalue weighted by Crippen LogP contribution is -2.43. The maximum Gasteiger partial charge on any atom is 0.337 e. The van der Waals surface area contributed by atoms with Crippen LogP contribution in [0.25, 0.3) is 0 Å². The van der Waals surface area contributed by atoms with E-state index in [2.05, 4.69) is 0 Å². The summed E-state index contributed by atoms with van der Waals surface area (Å²) in [5, 5.41) is 0. The molecule has 3 rings (SSSR count). The molecule has 0 fully saturated rings. The van der Waals surface area contributed by atoms with Crippen molar-refractivity contribution in [1.82, 2.24) is 0 Å².